The number of ketones is 1. The summed E-state index contributed by atoms with van der Waals surface area (Å²) in [4.78, 5) is 20.1. The second-order valence-corrected chi connectivity index (χ2v) is 4.45. The fourth-order valence-electron chi connectivity index (χ4n) is 1.45. The first-order chi connectivity index (χ1) is 8.81. The van der Waals surface area contributed by atoms with Gasteiger partial charge in [0.2, 0.25) is 0 Å². The molecule has 0 unspecified atom stereocenters. The summed E-state index contributed by atoms with van der Waals surface area (Å²) in [6.45, 7) is 0. The molecule has 0 aliphatic rings. The van der Waals surface area contributed by atoms with Crippen LogP contribution in [0.1, 0.15) is 10.4 Å². The molecule has 0 fully saturated rings. The smallest absolute Gasteiger partial charge is 0.176 e. The van der Waals surface area contributed by atoms with Crippen LogP contribution in [-0.4, -0.2) is 28.6 Å². The average Bonchev–Trinajstić information content (AvgIpc) is 2.45. The van der Waals surface area contributed by atoms with Gasteiger partial charge < -0.3 is 4.74 Å². The van der Waals surface area contributed by atoms with Gasteiger partial charge in [0.15, 0.2) is 5.78 Å². The number of nitrogens with zero attached hydrogens (tertiary/aromatic N) is 2. The maximum atomic E-state index is 12.0. The SMILES string of the molecule is COc1ccccc1C(=O)CSc1cnccn1. The van der Waals surface area contributed by atoms with E-state index in [0.29, 0.717) is 17.1 Å². The van der Waals surface area contributed by atoms with Gasteiger partial charge in [-0.15, -0.1) is 0 Å². The molecule has 1 heterocycles. The minimum Gasteiger partial charge on any atom is -0.496 e. The van der Waals surface area contributed by atoms with Crippen molar-refractivity contribution in [3.63, 3.8) is 0 Å². The summed E-state index contributed by atoms with van der Waals surface area (Å²) in [6.07, 6.45) is 4.85. The van der Waals surface area contributed by atoms with Crippen molar-refractivity contribution in [1.82, 2.24) is 9.97 Å². The van der Waals surface area contributed by atoms with Gasteiger partial charge in [0.25, 0.3) is 0 Å². The molecule has 2 aromatic rings. The van der Waals surface area contributed by atoms with Crippen molar-refractivity contribution in [2.24, 2.45) is 0 Å². The molecule has 0 aliphatic heterocycles. The Kier molecular flexibility index (Phi) is 4.30. The van der Waals surface area contributed by atoms with Crippen LogP contribution in [0.4, 0.5) is 0 Å². The maximum absolute atomic E-state index is 12.0. The van der Waals surface area contributed by atoms with Crippen molar-refractivity contribution in [3.05, 3.63) is 48.4 Å². The average molecular weight is 260 g/mol. The fourth-order valence-corrected chi connectivity index (χ4v) is 2.16. The van der Waals surface area contributed by atoms with Crippen LogP contribution < -0.4 is 4.74 Å². The second-order valence-electron chi connectivity index (χ2n) is 3.46. The number of methoxy groups -OCH3 is 1. The Bertz CT molecular complexity index is 532. The lowest BCUT2D eigenvalue weighted by molar-refractivity contribution is 0.101. The van der Waals surface area contributed by atoms with E-state index < -0.39 is 0 Å². The normalized spacial score (nSPS) is 10.1. The Morgan fingerprint density at radius 1 is 1.33 bits per heavy atom. The van der Waals surface area contributed by atoms with Gasteiger partial charge in [-0.25, -0.2) is 4.98 Å². The van der Waals surface area contributed by atoms with Crippen LogP contribution in [0.25, 0.3) is 0 Å². The summed E-state index contributed by atoms with van der Waals surface area (Å²) >= 11 is 1.36. The molecule has 2 rings (SSSR count). The Hall–Kier alpha value is -1.88. The van der Waals surface area contributed by atoms with Gasteiger partial charge >= 0.3 is 0 Å². The molecule has 1 aromatic heterocycles. The molecule has 18 heavy (non-hydrogen) atoms. The number of carbonyl (C=O) groups excluding carboxylic acids is 1. The summed E-state index contributed by atoms with van der Waals surface area (Å²) in [7, 11) is 1.56. The Morgan fingerprint density at radius 2 is 2.17 bits per heavy atom. The molecule has 4 nitrogen and oxygen atoms in total. The van der Waals surface area contributed by atoms with Crippen molar-refractivity contribution in [2.75, 3.05) is 12.9 Å². The zero-order valence-electron chi connectivity index (χ0n) is 9.87. The van der Waals surface area contributed by atoms with Gasteiger partial charge in [-0.2, -0.15) is 0 Å². The van der Waals surface area contributed by atoms with Crippen molar-refractivity contribution in [3.8, 4) is 5.75 Å². The van der Waals surface area contributed by atoms with E-state index in [4.69, 9.17) is 4.74 Å². The number of Topliss-reactive ketones (excluding diaryl/α,β-unsaturated/α-hetero) is 1. The molecule has 5 heteroatoms. The van der Waals surface area contributed by atoms with Gasteiger partial charge in [-0.1, -0.05) is 23.9 Å². The zero-order chi connectivity index (χ0) is 12.8. The highest BCUT2D eigenvalue weighted by Crippen LogP contribution is 2.21. The van der Waals surface area contributed by atoms with Crippen LogP contribution in [0.15, 0.2) is 47.9 Å². The number of aromatic nitrogens is 2. The highest BCUT2D eigenvalue weighted by molar-refractivity contribution is 7.99. The van der Waals surface area contributed by atoms with Gasteiger partial charge in [-0.3, -0.25) is 9.78 Å². The van der Waals surface area contributed by atoms with E-state index in [1.807, 2.05) is 12.1 Å². The molecule has 1 aromatic carbocycles. The number of rotatable bonds is 5. The fraction of sp³-hybridized carbons (Fsp3) is 0.154. The van der Waals surface area contributed by atoms with Crippen molar-refractivity contribution in [1.29, 1.82) is 0 Å². The first-order valence-electron chi connectivity index (χ1n) is 5.36. The number of carbonyl (C=O) groups is 1. The molecule has 0 spiro atoms. The van der Waals surface area contributed by atoms with Crippen LogP contribution >= 0.6 is 11.8 Å². The lowest BCUT2D eigenvalue weighted by atomic mass is 10.1. The first kappa shape index (κ1) is 12.6. The van der Waals surface area contributed by atoms with E-state index >= 15 is 0 Å². The topological polar surface area (TPSA) is 52.1 Å². The van der Waals surface area contributed by atoms with Gasteiger partial charge in [0.05, 0.1) is 24.6 Å². The van der Waals surface area contributed by atoms with Crippen molar-refractivity contribution >= 4 is 17.5 Å². The van der Waals surface area contributed by atoms with Crippen LogP contribution in [0.3, 0.4) is 0 Å². The molecule has 0 N–H and O–H groups in total. The predicted octanol–water partition coefficient (Wildman–Crippen LogP) is 2.46. The summed E-state index contributed by atoms with van der Waals surface area (Å²) in [5, 5.41) is 0.737. The predicted molar refractivity (Wildman–Crippen MR) is 70.1 cm³/mol. The first-order valence-corrected chi connectivity index (χ1v) is 6.35. The summed E-state index contributed by atoms with van der Waals surface area (Å²) in [5.74, 6) is 0.935. The molecule has 0 amide bonds. The summed E-state index contributed by atoms with van der Waals surface area (Å²) in [5.41, 5.74) is 0.594. The second kappa shape index (κ2) is 6.16. The number of hydrogen-bond acceptors (Lipinski definition) is 5. The highest BCUT2D eigenvalue weighted by Gasteiger charge is 2.11. The third kappa shape index (κ3) is 3.07. The van der Waals surface area contributed by atoms with Gasteiger partial charge in [-0.05, 0) is 12.1 Å². The molecule has 0 radical (unpaired) electrons. The van der Waals surface area contributed by atoms with Gasteiger partial charge in [0, 0.05) is 12.4 Å². The van der Waals surface area contributed by atoms with E-state index in [9.17, 15) is 4.79 Å². The van der Waals surface area contributed by atoms with E-state index in [0.717, 1.165) is 5.03 Å². The molecule has 0 aliphatic carbocycles. The van der Waals surface area contributed by atoms with Crippen LogP contribution in [0.2, 0.25) is 0 Å². The molecule has 0 atom stereocenters. The minimum atomic E-state index is 0.0168. The number of ether oxygens (including phenoxy) is 1. The largest absolute Gasteiger partial charge is 0.496 e. The highest BCUT2D eigenvalue weighted by atomic mass is 32.2. The maximum Gasteiger partial charge on any atom is 0.176 e. The summed E-state index contributed by atoms with van der Waals surface area (Å²) < 4.78 is 5.16. The number of hydrogen-bond donors (Lipinski definition) is 0. The summed E-state index contributed by atoms with van der Waals surface area (Å²) in [6, 6.07) is 7.20. The monoisotopic (exact) mass is 260 g/mol. The standard InChI is InChI=1S/C13H12N2O2S/c1-17-12-5-3-2-4-10(12)11(16)9-18-13-8-14-6-7-15-13/h2-8H,9H2,1H3. The minimum absolute atomic E-state index is 0.0168. The third-order valence-corrected chi connectivity index (χ3v) is 3.21. The van der Waals surface area contributed by atoms with E-state index in [1.54, 1.807) is 37.8 Å². The molecule has 0 bridgehead atoms. The van der Waals surface area contributed by atoms with Crippen molar-refractivity contribution < 1.29 is 9.53 Å². The number of para-hydroxylation sites is 1. The molecule has 0 saturated carbocycles. The molecule has 92 valence electrons. The number of thioether (sulfide) groups is 1. The van der Waals surface area contributed by atoms with Crippen LogP contribution in [-0.2, 0) is 0 Å². The van der Waals surface area contributed by atoms with E-state index in [-0.39, 0.29) is 5.78 Å². The molecular weight excluding hydrogens is 248 g/mol. The van der Waals surface area contributed by atoms with E-state index in [2.05, 4.69) is 9.97 Å². The lowest BCUT2D eigenvalue weighted by Gasteiger charge is -2.06. The van der Waals surface area contributed by atoms with Crippen LogP contribution in [0, 0.1) is 0 Å². The quantitative estimate of drug-likeness (QED) is 0.610. The third-order valence-electron chi connectivity index (χ3n) is 2.30. The molecule has 0 saturated heterocycles. The Morgan fingerprint density at radius 3 is 2.89 bits per heavy atom. The van der Waals surface area contributed by atoms with E-state index in [1.165, 1.54) is 11.8 Å². The van der Waals surface area contributed by atoms with Crippen molar-refractivity contribution in [2.45, 2.75) is 5.03 Å². The van der Waals surface area contributed by atoms with Gasteiger partial charge in [0.1, 0.15) is 10.8 Å². The van der Waals surface area contributed by atoms with Crippen LogP contribution in [0.5, 0.6) is 5.75 Å². The lowest BCUT2D eigenvalue weighted by Crippen LogP contribution is -2.05. The number of benzene rings is 1. The Labute approximate surface area is 109 Å². The Balaban J connectivity index is 2.04. The molecular formula is C13H12N2O2S. The zero-order valence-corrected chi connectivity index (χ0v) is 10.7.